The van der Waals surface area contributed by atoms with Gasteiger partial charge in [-0.15, -0.1) is 0 Å². The van der Waals surface area contributed by atoms with E-state index in [0.29, 0.717) is 10.8 Å². The van der Waals surface area contributed by atoms with Crippen molar-refractivity contribution >= 4 is 42.2 Å². The van der Waals surface area contributed by atoms with Crippen LogP contribution in [0.15, 0.2) is 41.6 Å². The molecule has 4 aromatic rings. The second-order valence-electron chi connectivity index (χ2n) is 7.43. The maximum absolute atomic E-state index is 13.1. The first-order valence-electron chi connectivity index (χ1n) is 8.58. The van der Waals surface area contributed by atoms with Crippen LogP contribution in [0.1, 0.15) is 20.8 Å². The fraction of sp³-hybridized carbons (Fsp3) is 0.263. The molecule has 0 unspecified atom stereocenters. The van der Waals surface area contributed by atoms with Gasteiger partial charge in [-0.2, -0.15) is 0 Å². The van der Waals surface area contributed by atoms with Crippen molar-refractivity contribution in [2.45, 2.75) is 30.4 Å². The van der Waals surface area contributed by atoms with Gasteiger partial charge in [0, 0.05) is 17.8 Å². The summed E-state index contributed by atoms with van der Waals surface area (Å²) in [5.41, 5.74) is 8.90. The highest BCUT2D eigenvalue weighted by atomic mass is 32.2. The number of pyridine rings is 1. The van der Waals surface area contributed by atoms with Gasteiger partial charge in [-0.05, 0) is 32.9 Å². The SMILES string of the molecule is COc1cc2ncc(-c3ccc4nc(N)sc4c3)n2cc1S(=O)(=O)C(C)(C)C. The van der Waals surface area contributed by atoms with Gasteiger partial charge in [-0.3, -0.25) is 4.40 Å². The van der Waals surface area contributed by atoms with E-state index in [9.17, 15) is 8.42 Å². The zero-order chi connectivity index (χ0) is 20.3. The number of fused-ring (bicyclic) bond motifs is 2. The largest absolute Gasteiger partial charge is 0.495 e. The third kappa shape index (κ3) is 2.82. The van der Waals surface area contributed by atoms with Gasteiger partial charge in [0.05, 0.1) is 34.0 Å². The number of hydrogen-bond acceptors (Lipinski definition) is 7. The number of nitrogens with two attached hydrogens (primary N) is 1. The van der Waals surface area contributed by atoms with Gasteiger partial charge in [-0.1, -0.05) is 17.4 Å². The maximum atomic E-state index is 13.1. The molecule has 0 saturated carbocycles. The summed E-state index contributed by atoms with van der Waals surface area (Å²) >= 11 is 1.41. The molecule has 9 heteroatoms. The highest BCUT2D eigenvalue weighted by molar-refractivity contribution is 7.92. The summed E-state index contributed by atoms with van der Waals surface area (Å²) < 4.78 is 33.3. The zero-order valence-electron chi connectivity index (χ0n) is 15.9. The Labute approximate surface area is 166 Å². The van der Waals surface area contributed by atoms with Crippen molar-refractivity contribution < 1.29 is 13.2 Å². The lowest BCUT2D eigenvalue weighted by atomic mass is 10.1. The fourth-order valence-electron chi connectivity index (χ4n) is 2.99. The van der Waals surface area contributed by atoms with Crippen LogP contribution in [0.3, 0.4) is 0 Å². The smallest absolute Gasteiger partial charge is 0.188 e. The first-order chi connectivity index (χ1) is 13.1. The molecule has 4 rings (SSSR count). The van der Waals surface area contributed by atoms with E-state index in [-0.39, 0.29) is 10.6 Å². The quantitative estimate of drug-likeness (QED) is 0.546. The summed E-state index contributed by atoms with van der Waals surface area (Å²) in [7, 11) is -2.16. The van der Waals surface area contributed by atoms with Crippen LogP contribution in [0, 0.1) is 0 Å². The molecular weight excluding hydrogens is 396 g/mol. The molecule has 28 heavy (non-hydrogen) atoms. The third-order valence-electron chi connectivity index (χ3n) is 4.59. The summed E-state index contributed by atoms with van der Waals surface area (Å²) in [6.07, 6.45) is 3.30. The van der Waals surface area contributed by atoms with E-state index in [1.807, 2.05) is 18.2 Å². The molecule has 0 spiro atoms. The number of thiazole rings is 1. The van der Waals surface area contributed by atoms with E-state index in [2.05, 4.69) is 9.97 Å². The number of hydrogen-bond donors (Lipinski definition) is 1. The molecule has 7 nitrogen and oxygen atoms in total. The first-order valence-corrected chi connectivity index (χ1v) is 10.9. The van der Waals surface area contributed by atoms with E-state index in [1.165, 1.54) is 18.4 Å². The number of sulfone groups is 1. The Morgan fingerprint density at radius 3 is 2.64 bits per heavy atom. The first kappa shape index (κ1) is 18.7. The molecule has 3 aromatic heterocycles. The molecular formula is C19H20N4O3S2. The minimum absolute atomic E-state index is 0.136. The van der Waals surface area contributed by atoms with Crippen LogP contribution in [-0.2, 0) is 9.84 Å². The second kappa shape index (κ2) is 6.18. The Kier molecular flexibility index (Phi) is 4.13. The standard InChI is InChI=1S/C19H20N4O3S2/c1-19(2,3)28(24,25)16-10-23-13(9-21-17(23)8-14(16)26-4)11-5-6-12-15(7-11)27-18(20)22-12/h5-10H,1-4H3,(H2,20,22). The molecule has 0 aliphatic carbocycles. The Balaban J connectivity index is 1.97. The summed E-state index contributed by atoms with van der Waals surface area (Å²) in [6.45, 7) is 5.01. The highest BCUT2D eigenvalue weighted by Crippen LogP contribution is 2.35. The van der Waals surface area contributed by atoms with Crippen LogP contribution >= 0.6 is 11.3 Å². The molecule has 0 amide bonds. The lowest BCUT2D eigenvalue weighted by molar-refractivity contribution is 0.401. The highest BCUT2D eigenvalue weighted by Gasteiger charge is 2.34. The normalized spacial score (nSPS) is 12.7. The number of anilines is 1. The summed E-state index contributed by atoms with van der Waals surface area (Å²) in [6, 6.07) is 7.45. The van der Waals surface area contributed by atoms with Crippen molar-refractivity contribution in [1.29, 1.82) is 0 Å². The topological polar surface area (TPSA) is 99.6 Å². The maximum Gasteiger partial charge on any atom is 0.188 e. The van der Waals surface area contributed by atoms with Gasteiger partial charge in [0.2, 0.25) is 0 Å². The van der Waals surface area contributed by atoms with Crippen molar-refractivity contribution in [2.24, 2.45) is 0 Å². The average Bonchev–Trinajstić information content (AvgIpc) is 3.20. The van der Waals surface area contributed by atoms with Crippen molar-refractivity contribution in [1.82, 2.24) is 14.4 Å². The molecule has 0 bridgehead atoms. The number of rotatable bonds is 3. The summed E-state index contributed by atoms with van der Waals surface area (Å²) in [5, 5.41) is 0.508. The minimum atomic E-state index is -3.62. The molecule has 0 saturated heterocycles. The van der Waals surface area contributed by atoms with E-state index in [0.717, 1.165) is 21.5 Å². The Morgan fingerprint density at radius 1 is 1.21 bits per heavy atom. The molecule has 0 aliphatic rings. The number of aromatic nitrogens is 3. The second-order valence-corrected chi connectivity index (χ2v) is 11.2. The van der Waals surface area contributed by atoms with E-state index >= 15 is 0 Å². The van der Waals surface area contributed by atoms with Crippen LogP contribution in [0.2, 0.25) is 0 Å². The lowest BCUT2D eigenvalue weighted by Crippen LogP contribution is -2.28. The number of nitrogen functional groups attached to an aromatic ring is 1. The molecule has 0 atom stereocenters. The van der Waals surface area contributed by atoms with Crippen molar-refractivity contribution in [3.05, 3.63) is 36.7 Å². The Hall–Kier alpha value is -2.65. The predicted molar refractivity (Wildman–Crippen MR) is 112 cm³/mol. The predicted octanol–water partition coefficient (Wildman–Crippen LogP) is 3.77. The fourth-order valence-corrected chi connectivity index (χ4v) is 5.08. The van der Waals surface area contributed by atoms with Crippen LogP contribution in [0.4, 0.5) is 5.13 Å². The number of benzene rings is 1. The lowest BCUT2D eigenvalue weighted by Gasteiger charge is -2.21. The molecule has 146 valence electrons. The van der Waals surface area contributed by atoms with Crippen LogP contribution in [0.5, 0.6) is 5.75 Å². The number of methoxy groups -OCH3 is 1. The number of ether oxygens (including phenoxy) is 1. The molecule has 0 aliphatic heterocycles. The van der Waals surface area contributed by atoms with Gasteiger partial charge >= 0.3 is 0 Å². The molecule has 0 radical (unpaired) electrons. The summed E-state index contributed by atoms with van der Waals surface area (Å²) in [5.74, 6) is 0.283. The molecule has 0 fully saturated rings. The van der Waals surface area contributed by atoms with Gasteiger partial charge in [0.15, 0.2) is 15.0 Å². The van der Waals surface area contributed by atoms with Crippen LogP contribution in [-0.4, -0.2) is 34.6 Å². The van der Waals surface area contributed by atoms with E-state index < -0.39 is 14.6 Å². The molecule has 3 heterocycles. The van der Waals surface area contributed by atoms with Gasteiger partial charge < -0.3 is 10.5 Å². The monoisotopic (exact) mass is 416 g/mol. The minimum Gasteiger partial charge on any atom is -0.495 e. The Bertz CT molecular complexity index is 1310. The van der Waals surface area contributed by atoms with Gasteiger partial charge in [0.25, 0.3) is 0 Å². The molecule has 2 N–H and O–H groups in total. The van der Waals surface area contributed by atoms with Crippen LogP contribution in [0.25, 0.3) is 27.1 Å². The van der Waals surface area contributed by atoms with E-state index in [1.54, 1.807) is 43.6 Å². The Morgan fingerprint density at radius 2 is 1.96 bits per heavy atom. The average molecular weight is 417 g/mol. The zero-order valence-corrected chi connectivity index (χ0v) is 17.6. The van der Waals surface area contributed by atoms with Crippen molar-refractivity contribution in [3.8, 4) is 17.0 Å². The number of imidazole rings is 1. The third-order valence-corrected chi connectivity index (χ3v) is 7.94. The van der Waals surface area contributed by atoms with E-state index in [4.69, 9.17) is 10.5 Å². The van der Waals surface area contributed by atoms with Crippen LogP contribution < -0.4 is 10.5 Å². The van der Waals surface area contributed by atoms with Crippen molar-refractivity contribution in [3.63, 3.8) is 0 Å². The molecule has 1 aromatic carbocycles. The number of nitrogens with zero attached hydrogens (tertiary/aromatic N) is 3. The summed E-state index contributed by atoms with van der Waals surface area (Å²) in [4.78, 5) is 8.83. The van der Waals surface area contributed by atoms with Gasteiger partial charge in [-0.25, -0.2) is 18.4 Å². The van der Waals surface area contributed by atoms with Crippen molar-refractivity contribution in [2.75, 3.05) is 12.8 Å². The van der Waals surface area contributed by atoms with Gasteiger partial charge in [0.1, 0.15) is 16.3 Å².